The van der Waals surface area contributed by atoms with Gasteiger partial charge in [0.25, 0.3) is 0 Å². The zero-order valence-corrected chi connectivity index (χ0v) is 11.8. The van der Waals surface area contributed by atoms with Crippen molar-refractivity contribution >= 4 is 18.0 Å². The van der Waals surface area contributed by atoms with Crippen LogP contribution in [0.2, 0.25) is 0 Å². The molecule has 0 aromatic heterocycles. The lowest BCUT2D eigenvalue weighted by Gasteiger charge is -2.24. The highest BCUT2D eigenvalue weighted by molar-refractivity contribution is 5.83. The van der Waals surface area contributed by atoms with Gasteiger partial charge in [0, 0.05) is 19.5 Å². The lowest BCUT2D eigenvalue weighted by molar-refractivity contribution is -0.142. The maximum atomic E-state index is 11.9. The predicted octanol–water partition coefficient (Wildman–Crippen LogP) is -0.193. The molecular weight excluding hydrogens is 268 g/mol. The standard InChI is InChI=1S/C12H22N2O6/c1-3-6-14(7-8-15)12(19)13-9(11(17)18)4-5-10(16)20-2/h9,15H,3-8H2,1-2H3,(H,13,19)(H,17,18)/t9-/m1/s1. The number of carbonyl (C=O) groups excluding carboxylic acids is 2. The number of carbonyl (C=O) groups is 3. The Kier molecular flexibility index (Phi) is 9.10. The molecule has 0 radical (unpaired) electrons. The highest BCUT2D eigenvalue weighted by Crippen LogP contribution is 2.02. The second kappa shape index (κ2) is 10.0. The first kappa shape index (κ1) is 18.2. The number of urea groups is 1. The summed E-state index contributed by atoms with van der Waals surface area (Å²) in [5.41, 5.74) is 0. The van der Waals surface area contributed by atoms with Crippen LogP contribution in [0.15, 0.2) is 0 Å². The van der Waals surface area contributed by atoms with Gasteiger partial charge in [-0.25, -0.2) is 9.59 Å². The van der Waals surface area contributed by atoms with E-state index in [0.717, 1.165) is 0 Å². The number of methoxy groups -OCH3 is 1. The molecule has 0 spiro atoms. The van der Waals surface area contributed by atoms with Gasteiger partial charge in [-0.05, 0) is 12.8 Å². The summed E-state index contributed by atoms with van der Waals surface area (Å²) in [5, 5.41) is 20.2. The Labute approximate surface area is 117 Å². The number of carboxylic acids is 1. The molecule has 0 aromatic carbocycles. The van der Waals surface area contributed by atoms with Gasteiger partial charge in [0.2, 0.25) is 0 Å². The van der Waals surface area contributed by atoms with Crippen LogP contribution in [-0.4, -0.2) is 65.9 Å². The van der Waals surface area contributed by atoms with Gasteiger partial charge in [-0.3, -0.25) is 4.79 Å². The van der Waals surface area contributed by atoms with Crippen LogP contribution < -0.4 is 5.32 Å². The van der Waals surface area contributed by atoms with E-state index in [9.17, 15) is 14.4 Å². The highest BCUT2D eigenvalue weighted by Gasteiger charge is 2.23. The van der Waals surface area contributed by atoms with Crippen molar-refractivity contribution in [1.82, 2.24) is 10.2 Å². The van der Waals surface area contributed by atoms with Crippen molar-refractivity contribution in [2.75, 3.05) is 26.8 Å². The molecule has 0 aromatic rings. The van der Waals surface area contributed by atoms with Crippen molar-refractivity contribution < 1.29 is 29.3 Å². The summed E-state index contributed by atoms with van der Waals surface area (Å²) in [4.78, 5) is 35.2. The van der Waals surface area contributed by atoms with Crippen LogP contribution in [-0.2, 0) is 14.3 Å². The number of esters is 1. The number of aliphatic hydroxyl groups excluding tert-OH is 1. The topological polar surface area (TPSA) is 116 Å². The van der Waals surface area contributed by atoms with Crippen LogP contribution in [0.4, 0.5) is 4.79 Å². The van der Waals surface area contributed by atoms with E-state index < -0.39 is 24.0 Å². The second-order valence-corrected chi connectivity index (χ2v) is 4.17. The van der Waals surface area contributed by atoms with Gasteiger partial charge >= 0.3 is 18.0 Å². The van der Waals surface area contributed by atoms with Crippen LogP contribution in [0.5, 0.6) is 0 Å². The van der Waals surface area contributed by atoms with E-state index in [1.54, 1.807) is 0 Å². The largest absolute Gasteiger partial charge is 0.480 e. The van der Waals surface area contributed by atoms with E-state index >= 15 is 0 Å². The fourth-order valence-corrected chi connectivity index (χ4v) is 1.57. The zero-order chi connectivity index (χ0) is 15.5. The molecule has 0 aliphatic rings. The molecular formula is C12H22N2O6. The third-order valence-corrected chi connectivity index (χ3v) is 2.61. The summed E-state index contributed by atoms with van der Waals surface area (Å²) in [7, 11) is 1.21. The Bertz CT molecular complexity index is 328. The predicted molar refractivity (Wildman–Crippen MR) is 70.2 cm³/mol. The number of hydrogen-bond donors (Lipinski definition) is 3. The molecule has 0 heterocycles. The van der Waals surface area contributed by atoms with E-state index in [4.69, 9.17) is 10.2 Å². The monoisotopic (exact) mass is 290 g/mol. The fourth-order valence-electron chi connectivity index (χ4n) is 1.57. The molecule has 0 saturated heterocycles. The summed E-state index contributed by atoms with van der Waals surface area (Å²) < 4.78 is 4.42. The molecule has 0 fully saturated rings. The first-order valence-electron chi connectivity index (χ1n) is 6.42. The minimum Gasteiger partial charge on any atom is -0.480 e. The van der Waals surface area contributed by atoms with Crippen molar-refractivity contribution in [2.24, 2.45) is 0 Å². The summed E-state index contributed by atoms with van der Waals surface area (Å²) in [6.45, 7) is 2.20. The number of nitrogens with zero attached hydrogens (tertiary/aromatic N) is 1. The smallest absolute Gasteiger partial charge is 0.326 e. The molecule has 0 unspecified atom stereocenters. The summed E-state index contributed by atoms with van der Waals surface area (Å²) in [5.74, 6) is -1.76. The number of aliphatic carboxylic acids is 1. The number of hydrogen-bond acceptors (Lipinski definition) is 5. The van der Waals surface area contributed by atoms with Crippen LogP contribution in [0.1, 0.15) is 26.2 Å². The number of rotatable bonds is 9. The number of nitrogens with one attached hydrogen (secondary N) is 1. The van der Waals surface area contributed by atoms with Gasteiger partial charge in [-0.15, -0.1) is 0 Å². The SMILES string of the molecule is CCCN(CCO)C(=O)N[C@H](CCC(=O)OC)C(=O)O. The normalized spacial score (nSPS) is 11.6. The molecule has 8 nitrogen and oxygen atoms in total. The van der Waals surface area contributed by atoms with Crippen molar-refractivity contribution in [3.05, 3.63) is 0 Å². The molecule has 1 atom stereocenters. The van der Waals surface area contributed by atoms with Gasteiger partial charge in [0.05, 0.1) is 13.7 Å². The third-order valence-electron chi connectivity index (χ3n) is 2.61. The first-order chi connectivity index (χ1) is 9.46. The molecule has 0 bridgehead atoms. The molecule has 20 heavy (non-hydrogen) atoms. The summed E-state index contributed by atoms with van der Waals surface area (Å²) in [6.07, 6.45) is 0.543. The van der Waals surface area contributed by atoms with Gasteiger partial charge in [-0.2, -0.15) is 0 Å². The van der Waals surface area contributed by atoms with Crippen LogP contribution in [0.25, 0.3) is 0 Å². The average Bonchev–Trinajstić information content (AvgIpc) is 2.42. The second-order valence-electron chi connectivity index (χ2n) is 4.17. The van der Waals surface area contributed by atoms with E-state index in [0.29, 0.717) is 13.0 Å². The summed E-state index contributed by atoms with van der Waals surface area (Å²) >= 11 is 0. The lowest BCUT2D eigenvalue weighted by Crippen LogP contribution is -2.49. The molecule has 3 N–H and O–H groups in total. The molecule has 0 rings (SSSR count). The van der Waals surface area contributed by atoms with Gasteiger partial charge in [0.15, 0.2) is 0 Å². The van der Waals surface area contributed by atoms with E-state index in [1.165, 1.54) is 12.0 Å². The Morgan fingerprint density at radius 2 is 1.95 bits per heavy atom. The summed E-state index contributed by atoms with van der Waals surface area (Å²) in [6, 6.07) is -1.74. The van der Waals surface area contributed by atoms with Gasteiger partial charge in [-0.1, -0.05) is 6.92 Å². The molecule has 0 saturated carbocycles. The van der Waals surface area contributed by atoms with E-state index in [2.05, 4.69) is 10.1 Å². The molecule has 0 aliphatic heterocycles. The number of aliphatic hydroxyl groups is 1. The van der Waals surface area contributed by atoms with Gasteiger partial charge in [0.1, 0.15) is 6.04 Å². The molecule has 116 valence electrons. The zero-order valence-electron chi connectivity index (χ0n) is 11.8. The maximum absolute atomic E-state index is 11.9. The molecule has 0 aliphatic carbocycles. The fraction of sp³-hybridized carbons (Fsp3) is 0.750. The Morgan fingerprint density at radius 1 is 1.30 bits per heavy atom. The maximum Gasteiger partial charge on any atom is 0.326 e. The van der Waals surface area contributed by atoms with Crippen molar-refractivity contribution in [3.8, 4) is 0 Å². The number of carboxylic acid groups (broad SMARTS) is 1. The van der Waals surface area contributed by atoms with Crippen molar-refractivity contribution in [1.29, 1.82) is 0 Å². The van der Waals surface area contributed by atoms with E-state index in [-0.39, 0.29) is 26.0 Å². The number of amides is 2. The molecule has 2 amide bonds. The lowest BCUT2D eigenvalue weighted by atomic mass is 10.1. The van der Waals surface area contributed by atoms with Crippen LogP contribution in [0.3, 0.4) is 0 Å². The van der Waals surface area contributed by atoms with Crippen LogP contribution >= 0.6 is 0 Å². The highest BCUT2D eigenvalue weighted by atomic mass is 16.5. The minimum atomic E-state index is -1.22. The van der Waals surface area contributed by atoms with Crippen molar-refractivity contribution in [3.63, 3.8) is 0 Å². The minimum absolute atomic E-state index is 0.0488. The van der Waals surface area contributed by atoms with Crippen molar-refractivity contribution in [2.45, 2.75) is 32.2 Å². The third kappa shape index (κ3) is 6.93. The van der Waals surface area contributed by atoms with Gasteiger partial charge < -0.3 is 25.2 Å². The van der Waals surface area contributed by atoms with Crippen LogP contribution in [0, 0.1) is 0 Å². The Balaban J connectivity index is 4.51. The first-order valence-corrected chi connectivity index (χ1v) is 6.42. The Morgan fingerprint density at radius 3 is 2.40 bits per heavy atom. The average molecular weight is 290 g/mol. The number of ether oxygens (including phenoxy) is 1. The molecule has 8 heteroatoms. The Hall–Kier alpha value is -1.83. The van der Waals surface area contributed by atoms with E-state index in [1.807, 2.05) is 6.92 Å². The quantitative estimate of drug-likeness (QED) is 0.507.